The molecule has 1 aromatic carbocycles. The fourth-order valence-electron chi connectivity index (χ4n) is 1.54. The number of nitrogens with zero attached hydrogens (tertiary/aromatic N) is 1. The molecule has 0 aliphatic heterocycles. The molecule has 0 fully saturated rings. The topological polar surface area (TPSA) is 89.7 Å². The van der Waals surface area contributed by atoms with Crippen LogP contribution in [-0.2, 0) is 4.79 Å². The van der Waals surface area contributed by atoms with Gasteiger partial charge in [-0.15, -0.1) is 0 Å². The normalized spacial score (nSPS) is 11.6. The molecule has 0 heterocycles. The average molecular weight is 293 g/mol. The van der Waals surface area contributed by atoms with Gasteiger partial charge in [0, 0.05) is 12.1 Å². The molecule has 0 radical (unpaired) electrons. The lowest BCUT2D eigenvalue weighted by molar-refractivity contribution is -0.385. The first kappa shape index (κ1) is 16.7. The molecule has 114 valence electrons. The van der Waals surface area contributed by atoms with Gasteiger partial charge in [-0.2, -0.15) is 0 Å². The van der Waals surface area contributed by atoms with Gasteiger partial charge in [0.05, 0.1) is 11.5 Å². The molecule has 0 amide bonds. The minimum atomic E-state index is -1.08. The third kappa shape index (κ3) is 6.07. The Hall–Kier alpha value is -2.37. The Balaban J connectivity index is 2.93. The number of aliphatic carboxylic acids is 1. The Bertz CT molecular complexity index is 558. The molecular weight excluding hydrogens is 274 g/mol. The molecule has 0 atom stereocenters. The van der Waals surface area contributed by atoms with Crippen molar-refractivity contribution in [3.8, 4) is 5.75 Å². The molecule has 1 N–H and O–H groups in total. The summed E-state index contributed by atoms with van der Waals surface area (Å²) in [5.41, 5.74) is 0.473. The lowest BCUT2D eigenvalue weighted by Gasteiger charge is -2.18. The number of nitro groups is 1. The zero-order valence-electron chi connectivity index (χ0n) is 12.3. The van der Waals surface area contributed by atoms with Gasteiger partial charge in [0.2, 0.25) is 0 Å². The third-order valence-corrected chi connectivity index (χ3v) is 2.71. The standard InChI is InChI=1S/C15H19NO5/c1-15(2,3)8-9-21-13-10-11(5-7-14(17)18)4-6-12(13)16(19)20/h4-7,10H,8-9H2,1-3H3,(H,17,18). The van der Waals surface area contributed by atoms with Crippen LogP contribution in [0.4, 0.5) is 5.69 Å². The maximum atomic E-state index is 11.0. The van der Waals surface area contributed by atoms with Crippen LogP contribution in [0.25, 0.3) is 6.08 Å². The van der Waals surface area contributed by atoms with Crippen LogP contribution in [0.15, 0.2) is 24.3 Å². The number of benzene rings is 1. The number of rotatable bonds is 6. The molecule has 1 rings (SSSR count). The van der Waals surface area contributed by atoms with Gasteiger partial charge in [0.1, 0.15) is 0 Å². The van der Waals surface area contributed by atoms with Crippen LogP contribution in [0.2, 0.25) is 0 Å². The summed E-state index contributed by atoms with van der Waals surface area (Å²) in [4.78, 5) is 20.9. The van der Waals surface area contributed by atoms with Crippen molar-refractivity contribution in [2.24, 2.45) is 5.41 Å². The molecule has 21 heavy (non-hydrogen) atoms. The first-order valence-corrected chi connectivity index (χ1v) is 6.51. The van der Waals surface area contributed by atoms with E-state index in [4.69, 9.17) is 9.84 Å². The number of carbonyl (C=O) groups is 1. The second-order valence-electron chi connectivity index (χ2n) is 5.81. The maximum Gasteiger partial charge on any atom is 0.328 e. The Labute approximate surface area is 123 Å². The number of carboxylic acid groups (broad SMARTS) is 1. The maximum absolute atomic E-state index is 11.0. The SMILES string of the molecule is CC(C)(C)CCOc1cc(C=CC(=O)O)ccc1[N+](=O)[O-]. The molecule has 6 nitrogen and oxygen atoms in total. The minimum absolute atomic E-state index is 0.0651. The van der Waals surface area contributed by atoms with E-state index in [9.17, 15) is 14.9 Å². The van der Waals surface area contributed by atoms with E-state index in [2.05, 4.69) is 20.8 Å². The molecule has 0 spiro atoms. The van der Waals surface area contributed by atoms with E-state index in [0.717, 1.165) is 12.5 Å². The molecule has 0 bridgehead atoms. The van der Waals surface area contributed by atoms with Gasteiger partial charge in [-0.25, -0.2) is 4.79 Å². The van der Waals surface area contributed by atoms with Gasteiger partial charge in [0.25, 0.3) is 0 Å². The minimum Gasteiger partial charge on any atom is -0.487 e. The Morgan fingerprint density at radius 1 is 1.43 bits per heavy atom. The molecule has 0 saturated heterocycles. The number of hydrogen-bond donors (Lipinski definition) is 1. The van der Waals surface area contributed by atoms with Gasteiger partial charge in [-0.1, -0.05) is 20.8 Å². The highest BCUT2D eigenvalue weighted by atomic mass is 16.6. The monoisotopic (exact) mass is 293 g/mol. The van der Waals surface area contributed by atoms with E-state index in [1.165, 1.54) is 24.3 Å². The molecule has 0 unspecified atom stereocenters. The second-order valence-corrected chi connectivity index (χ2v) is 5.81. The van der Waals surface area contributed by atoms with Crippen molar-refractivity contribution in [3.05, 3.63) is 40.0 Å². The van der Waals surface area contributed by atoms with Gasteiger partial charge >= 0.3 is 11.7 Å². The quantitative estimate of drug-likeness (QED) is 0.492. The molecule has 0 aromatic heterocycles. The molecule has 6 heteroatoms. The predicted octanol–water partition coefficient (Wildman–Crippen LogP) is 3.51. The summed E-state index contributed by atoms with van der Waals surface area (Å²) in [5.74, 6) is -0.930. The van der Waals surface area contributed by atoms with Gasteiger partial charge in [0.15, 0.2) is 5.75 Å². The van der Waals surface area contributed by atoms with Crippen molar-refractivity contribution < 1.29 is 19.6 Å². The third-order valence-electron chi connectivity index (χ3n) is 2.71. The molecule has 0 saturated carbocycles. The number of nitro benzene ring substituents is 1. The van der Waals surface area contributed by atoms with Crippen LogP contribution in [0.3, 0.4) is 0 Å². The van der Waals surface area contributed by atoms with E-state index in [1.54, 1.807) is 0 Å². The summed E-state index contributed by atoms with van der Waals surface area (Å²) in [5, 5.41) is 19.6. The molecular formula is C15H19NO5. The highest BCUT2D eigenvalue weighted by Crippen LogP contribution is 2.29. The zero-order valence-corrected chi connectivity index (χ0v) is 12.3. The van der Waals surface area contributed by atoms with Gasteiger partial charge < -0.3 is 9.84 Å². The fraction of sp³-hybridized carbons (Fsp3) is 0.400. The summed E-state index contributed by atoms with van der Waals surface area (Å²) >= 11 is 0. The zero-order chi connectivity index (χ0) is 16.0. The van der Waals surface area contributed by atoms with Crippen molar-refractivity contribution in [2.45, 2.75) is 27.2 Å². The van der Waals surface area contributed by atoms with E-state index >= 15 is 0 Å². The van der Waals surface area contributed by atoms with Crippen LogP contribution in [0, 0.1) is 15.5 Å². The predicted molar refractivity (Wildman–Crippen MR) is 79.3 cm³/mol. The Morgan fingerprint density at radius 2 is 2.10 bits per heavy atom. The van der Waals surface area contributed by atoms with Crippen LogP contribution < -0.4 is 4.74 Å². The number of hydrogen-bond acceptors (Lipinski definition) is 4. The van der Waals surface area contributed by atoms with Crippen molar-refractivity contribution in [3.63, 3.8) is 0 Å². The van der Waals surface area contributed by atoms with Gasteiger partial charge in [-0.05, 0) is 35.6 Å². The number of carboxylic acids is 1. The first-order chi connectivity index (χ1) is 9.69. The lowest BCUT2D eigenvalue weighted by Crippen LogP contribution is -2.11. The fourth-order valence-corrected chi connectivity index (χ4v) is 1.54. The first-order valence-electron chi connectivity index (χ1n) is 6.51. The van der Waals surface area contributed by atoms with E-state index in [-0.39, 0.29) is 16.9 Å². The highest BCUT2D eigenvalue weighted by Gasteiger charge is 2.17. The average Bonchev–Trinajstić information content (AvgIpc) is 2.34. The van der Waals surface area contributed by atoms with Gasteiger partial charge in [-0.3, -0.25) is 10.1 Å². The highest BCUT2D eigenvalue weighted by molar-refractivity contribution is 5.85. The summed E-state index contributed by atoms with van der Waals surface area (Å²) < 4.78 is 5.50. The second kappa shape index (κ2) is 6.88. The molecule has 0 aliphatic rings. The Kier molecular flexibility index (Phi) is 5.46. The van der Waals surface area contributed by atoms with Crippen molar-refractivity contribution >= 4 is 17.7 Å². The Morgan fingerprint density at radius 3 is 2.62 bits per heavy atom. The molecule has 1 aromatic rings. The van der Waals surface area contributed by atoms with Crippen LogP contribution >= 0.6 is 0 Å². The van der Waals surface area contributed by atoms with E-state index in [0.29, 0.717) is 12.2 Å². The smallest absolute Gasteiger partial charge is 0.328 e. The largest absolute Gasteiger partial charge is 0.487 e. The van der Waals surface area contributed by atoms with Crippen molar-refractivity contribution in [1.29, 1.82) is 0 Å². The van der Waals surface area contributed by atoms with Crippen LogP contribution in [0.1, 0.15) is 32.8 Å². The summed E-state index contributed by atoms with van der Waals surface area (Å²) in [6.45, 7) is 6.51. The van der Waals surface area contributed by atoms with Crippen LogP contribution in [-0.4, -0.2) is 22.6 Å². The van der Waals surface area contributed by atoms with E-state index in [1.807, 2.05) is 0 Å². The van der Waals surface area contributed by atoms with E-state index < -0.39 is 10.9 Å². The summed E-state index contributed by atoms with van der Waals surface area (Å²) in [7, 11) is 0. The molecule has 0 aliphatic carbocycles. The lowest BCUT2D eigenvalue weighted by atomic mass is 9.93. The summed E-state index contributed by atoms with van der Waals surface area (Å²) in [6, 6.07) is 4.27. The van der Waals surface area contributed by atoms with Crippen molar-refractivity contribution in [1.82, 2.24) is 0 Å². The van der Waals surface area contributed by atoms with Crippen molar-refractivity contribution in [2.75, 3.05) is 6.61 Å². The summed E-state index contributed by atoms with van der Waals surface area (Å²) in [6.07, 6.45) is 3.09. The van der Waals surface area contributed by atoms with Crippen LogP contribution in [0.5, 0.6) is 5.75 Å². The number of ether oxygens (including phenoxy) is 1.